The molecule has 2 aromatic rings. The number of ether oxygens (including phenoxy) is 1. The number of nitrogens with zero attached hydrogens (tertiary/aromatic N) is 2. The Morgan fingerprint density at radius 3 is 2.85 bits per heavy atom. The summed E-state index contributed by atoms with van der Waals surface area (Å²) in [5, 5.41) is 11.9. The minimum atomic E-state index is 0.119. The number of phenolic OH excluding ortho intramolecular Hbond substituents is 1. The van der Waals surface area contributed by atoms with Crippen molar-refractivity contribution in [2.45, 2.75) is 31.1 Å². The molecule has 4 heteroatoms. The average Bonchev–Trinajstić information content (AvgIpc) is 3.24. The minimum Gasteiger partial charge on any atom is -0.508 e. The maximum Gasteiger partial charge on any atom is 0.116 e. The Morgan fingerprint density at radius 2 is 2.00 bits per heavy atom. The Labute approximate surface area is 155 Å². The Morgan fingerprint density at radius 1 is 1.19 bits per heavy atom. The van der Waals surface area contributed by atoms with Crippen molar-refractivity contribution in [1.29, 1.82) is 0 Å². The van der Waals surface area contributed by atoms with Crippen molar-refractivity contribution in [3.8, 4) is 5.75 Å². The van der Waals surface area contributed by atoms with Gasteiger partial charge in [-0.15, -0.1) is 0 Å². The first-order valence-electron chi connectivity index (χ1n) is 9.79. The van der Waals surface area contributed by atoms with E-state index in [9.17, 15) is 5.11 Å². The number of hydrogen-bond donors (Lipinski definition) is 1. The van der Waals surface area contributed by atoms with Gasteiger partial charge in [-0.3, -0.25) is 4.90 Å². The third-order valence-corrected chi connectivity index (χ3v) is 6.72. The van der Waals surface area contributed by atoms with Gasteiger partial charge in [-0.25, -0.2) is 0 Å². The highest BCUT2D eigenvalue weighted by Crippen LogP contribution is 2.55. The van der Waals surface area contributed by atoms with E-state index in [0.717, 1.165) is 31.6 Å². The van der Waals surface area contributed by atoms with E-state index in [0.29, 0.717) is 23.7 Å². The fraction of sp³-hybridized carbons (Fsp3) is 0.545. The van der Waals surface area contributed by atoms with Gasteiger partial charge in [-0.1, -0.05) is 18.2 Å². The van der Waals surface area contributed by atoms with E-state index >= 15 is 0 Å². The number of phenols is 1. The molecule has 2 aromatic carbocycles. The first kappa shape index (κ1) is 16.5. The lowest BCUT2D eigenvalue weighted by molar-refractivity contribution is 0.00145. The number of rotatable bonds is 4. The van der Waals surface area contributed by atoms with Crippen LogP contribution in [0.15, 0.2) is 36.4 Å². The van der Waals surface area contributed by atoms with Crippen LogP contribution in [-0.2, 0) is 11.3 Å². The highest BCUT2D eigenvalue weighted by Gasteiger charge is 2.62. The molecule has 4 atom stereocenters. The predicted molar refractivity (Wildman–Crippen MR) is 103 cm³/mol. The van der Waals surface area contributed by atoms with Crippen molar-refractivity contribution in [3.05, 3.63) is 42.0 Å². The van der Waals surface area contributed by atoms with Crippen LogP contribution < -0.4 is 0 Å². The number of likely N-dealkylation sites (tertiary alicyclic amines) is 1. The van der Waals surface area contributed by atoms with Crippen LogP contribution in [0.4, 0.5) is 0 Å². The topological polar surface area (TPSA) is 35.9 Å². The van der Waals surface area contributed by atoms with Gasteiger partial charge in [-0.05, 0) is 61.5 Å². The second-order valence-electron chi connectivity index (χ2n) is 8.83. The predicted octanol–water partition coefficient (Wildman–Crippen LogP) is 3.09. The van der Waals surface area contributed by atoms with Gasteiger partial charge in [0.25, 0.3) is 0 Å². The summed E-state index contributed by atoms with van der Waals surface area (Å²) in [4.78, 5) is 4.92. The molecular formula is C22H28N2O2. The summed E-state index contributed by atoms with van der Waals surface area (Å²) in [5.41, 5.74) is 1.46. The molecule has 138 valence electrons. The van der Waals surface area contributed by atoms with Crippen molar-refractivity contribution in [3.63, 3.8) is 0 Å². The molecule has 0 radical (unpaired) electrons. The third kappa shape index (κ3) is 2.63. The van der Waals surface area contributed by atoms with Gasteiger partial charge in [0.1, 0.15) is 5.75 Å². The van der Waals surface area contributed by atoms with Gasteiger partial charge in [0.05, 0.1) is 11.7 Å². The van der Waals surface area contributed by atoms with Gasteiger partial charge < -0.3 is 14.7 Å². The number of benzene rings is 2. The summed E-state index contributed by atoms with van der Waals surface area (Å²) in [6.45, 7) is 4.36. The van der Waals surface area contributed by atoms with Crippen molar-refractivity contribution in [2.75, 3.05) is 33.7 Å². The van der Waals surface area contributed by atoms with Crippen LogP contribution in [0.5, 0.6) is 5.75 Å². The molecule has 3 heterocycles. The van der Waals surface area contributed by atoms with Gasteiger partial charge in [0.2, 0.25) is 0 Å². The lowest BCUT2D eigenvalue weighted by Gasteiger charge is -2.31. The molecule has 4 nitrogen and oxygen atoms in total. The van der Waals surface area contributed by atoms with Crippen LogP contribution in [0.1, 0.15) is 18.4 Å². The summed E-state index contributed by atoms with van der Waals surface area (Å²) in [6.07, 6.45) is 2.96. The molecule has 0 saturated carbocycles. The second kappa shape index (κ2) is 5.95. The molecule has 1 N–H and O–H groups in total. The first-order chi connectivity index (χ1) is 12.5. The van der Waals surface area contributed by atoms with Crippen LogP contribution >= 0.6 is 0 Å². The van der Waals surface area contributed by atoms with E-state index in [1.54, 1.807) is 6.07 Å². The van der Waals surface area contributed by atoms with Crippen LogP contribution in [0.25, 0.3) is 10.8 Å². The molecule has 26 heavy (non-hydrogen) atoms. The molecule has 0 unspecified atom stereocenters. The minimum absolute atomic E-state index is 0.119. The summed E-state index contributed by atoms with van der Waals surface area (Å²) in [5.74, 6) is 1.70. The summed E-state index contributed by atoms with van der Waals surface area (Å²) < 4.78 is 6.55. The molecule has 0 aliphatic carbocycles. The molecule has 3 aliphatic rings. The lowest BCUT2D eigenvalue weighted by Crippen LogP contribution is -2.40. The molecule has 1 spiro atoms. The zero-order chi connectivity index (χ0) is 17.9. The fourth-order valence-electron chi connectivity index (χ4n) is 5.71. The highest BCUT2D eigenvalue weighted by atomic mass is 16.5. The maximum atomic E-state index is 9.64. The largest absolute Gasteiger partial charge is 0.508 e. The fourth-order valence-corrected chi connectivity index (χ4v) is 5.71. The zero-order valence-corrected chi connectivity index (χ0v) is 15.7. The van der Waals surface area contributed by atoms with Gasteiger partial charge in [-0.2, -0.15) is 0 Å². The zero-order valence-electron chi connectivity index (χ0n) is 15.7. The lowest BCUT2D eigenvalue weighted by atomic mass is 9.73. The Kier molecular flexibility index (Phi) is 3.78. The molecular weight excluding hydrogens is 324 g/mol. The average molecular weight is 352 g/mol. The smallest absolute Gasteiger partial charge is 0.116 e. The third-order valence-electron chi connectivity index (χ3n) is 6.72. The number of hydrogen-bond acceptors (Lipinski definition) is 4. The number of aromatic hydroxyl groups is 1. The van der Waals surface area contributed by atoms with Crippen molar-refractivity contribution >= 4 is 10.8 Å². The molecule has 0 amide bonds. The van der Waals surface area contributed by atoms with Crippen molar-refractivity contribution in [2.24, 2.45) is 11.8 Å². The van der Waals surface area contributed by atoms with Crippen LogP contribution in [0, 0.1) is 11.8 Å². The Bertz CT molecular complexity index is 836. The van der Waals surface area contributed by atoms with E-state index in [2.05, 4.69) is 42.1 Å². The normalized spacial score (nSPS) is 33.4. The maximum absolute atomic E-state index is 9.64. The number of fused-ring (bicyclic) bond motifs is 2. The highest BCUT2D eigenvalue weighted by molar-refractivity contribution is 5.84. The van der Waals surface area contributed by atoms with Crippen molar-refractivity contribution in [1.82, 2.24) is 9.80 Å². The first-order valence-corrected chi connectivity index (χ1v) is 9.79. The van der Waals surface area contributed by atoms with Gasteiger partial charge in [0.15, 0.2) is 0 Å². The van der Waals surface area contributed by atoms with Crippen LogP contribution in [0.2, 0.25) is 0 Å². The standard InChI is InChI=1S/C22H28N2O2/c1-23(2)12-19-20-13-24(14-22(20)8-7-21(19)26-22)11-15-3-4-17-10-18(25)6-5-16(17)9-15/h3-6,9-10,19-21,25H,7-8,11-14H2,1-2H3/t19-,20+,21+,22+/m0/s1. The quantitative estimate of drug-likeness (QED) is 0.917. The van der Waals surface area contributed by atoms with Crippen molar-refractivity contribution < 1.29 is 9.84 Å². The monoisotopic (exact) mass is 352 g/mol. The summed E-state index contributed by atoms with van der Waals surface area (Å²) in [7, 11) is 4.36. The Balaban J connectivity index is 1.34. The van der Waals surface area contributed by atoms with E-state index < -0.39 is 0 Å². The summed E-state index contributed by atoms with van der Waals surface area (Å²) in [6, 6.07) is 12.2. The van der Waals surface area contributed by atoms with Crippen LogP contribution in [0.3, 0.4) is 0 Å². The van der Waals surface area contributed by atoms with E-state index in [1.165, 1.54) is 23.8 Å². The van der Waals surface area contributed by atoms with Crippen LogP contribution in [-0.4, -0.2) is 60.3 Å². The van der Waals surface area contributed by atoms with E-state index in [-0.39, 0.29) is 5.60 Å². The Hall–Kier alpha value is -1.62. The van der Waals surface area contributed by atoms with Gasteiger partial charge in [0, 0.05) is 38.0 Å². The molecule has 5 rings (SSSR count). The molecule has 2 bridgehead atoms. The molecule has 3 aliphatic heterocycles. The molecule has 3 saturated heterocycles. The SMILES string of the molecule is CN(C)C[C@H]1[C@H]2CN(Cc3ccc4cc(O)ccc4c3)C[C@]23CC[C@H]1O3. The summed E-state index contributed by atoms with van der Waals surface area (Å²) >= 11 is 0. The van der Waals surface area contributed by atoms with E-state index in [4.69, 9.17) is 4.74 Å². The molecule has 0 aromatic heterocycles. The van der Waals surface area contributed by atoms with Gasteiger partial charge >= 0.3 is 0 Å². The van der Waals surface area contributed by atoms with E-state index in [1.807, 2.05) is 12.1 Å². The second-order valence-corrected chi connectivity index (χ2v) is 8.83. The molecule has 3 fully saturated rings.